The third-order valence-corrected chi connectivity index (χ3v) is 5.49. The number of morpholine rings is 1. The summed E-state index contributed by atoms with van der Waals surface area (Å²) in [6.07, 6.45) is 3.24. The Morgan fingerprint density at radius 1 is 1.32 bits per heavy atom. The summed E-state index contributed by atoms with van der Waals surface area (Å²) < 4.78 is 20.0. The van der Waals surface area contributed by atoms with E-state index in [2.05, 4.69) is 11.8 Å². The van der Waals surface area contributed by atoms with E-state index in [1.807, 2.05) is 24.0 Å². The molecular weight excluding hydrogens is 319 g/mol. The molecule has 0 aliphatic carbocycles. The van der Waals surface area contributed by atoms with Crippen LogP contribution in [0.1, 0.15) is 38.7 Å². The number of carbonyl (C=O) groups excluding carboxylic acids is 1. The first-order valence-corrected chi connectivity index (χ1v) is 9.43. The van der Waals surface area contributed by atoms with E-state index in [-0.39, 0.29) is 23.4 Å². The third kappa shape index (κ3) is 4.39. The fraction of sp³-hybridized carbons (Fsp3) is 0.650. The zero-order valence-electron chi connectivity index (χ0n) is 15.3. The van der Waals surface area contributed by atoms with Gasteiger partial charge in [-0.1, -0.05) is 25.1 Å². The van der Waals surface area contributed by atoms with Crippen molar-refractivity contribution in [3.8, 4) is 0 Å². The molecule has 1 aromatic rings. The molecule has 0 saturated carbocycles. The zero-order chi connectivity index (χ0) is 17.9. The summed E-state index contributed by atoms with van der Waals surface area (Å²) >= 11 is 0. The van der Waals surface area contributed by atoms with E-state index in [1.165, 1.54) is 6.07 Å². The second-order valence-electron chi connectivity index (χ2n) is 7.42. The zero-order valence-corrected chi connectivity index (χ0v) is 15.3. The fourth-order valence-electron chi connectivity index (χ4n) is 4.08. The van der Waals surface area contributed by atoms with Crippen molar-refractivity contribution in [2.75, 3.05) is 32.7 Å². The van der Waals surface area contributed by atoms with Crippen LogP contribution in [0.25, 0.3) is 0 Å². The molecule has 1 aromatic carbocycles. The molecule has 1 atom stereocenters. The molecule has 2 saturated heterocycles. The van der Waals surface area contributed by atoms with Crippen molar-refractivity contribution >= 4 is 5.91 Å². The van der Waals surface area contributed by atoms with Crippen LogP contribution in [0.4, 0.5) is 4.39 Å². The van der Waals surface area contributed by atoms with Crippen molar-refractivity contribution in [2.45, 2.75) is 51.2 Å². The summed E-state index contributed by atoms with van der Waals surface area (Å²) in [6.45, 7) is 8.13. The molecule has 2 heterocycles. The maximum Gasteiger partial charge on any atom is 0.222 e. The number of hydrogen-bond acceptors (Lipinski definition) is 3. The van der Waals surface area contributed by atoms with Crippen LogP contribution in [0.15, 0.2) is 24.3 Å². The summed E-state index contributed by atoms with van der Waals surface area (Å²) in [4.78, 5) is 16.5. The molecule has 1 unspecified atom stereocenters. The van der Waals surface area contributed by atoms with E-state index < -0.39 is 0 Å². The van der Waals surface area contributed by atoms with E-state index in [0.29, 0.717) is 19.5 Å². The van der Waals surface area contributed by atoms with E-state index in [0.717, 1.165) is 44.5 Å². The monoisotopic (exact) mass is 348 g/mol. The van der Waals surface area contributed by atoms with Gasteiger partial charge in [-0.05, 0) is 37.8 Å². The average molecular weight is 348 g/mol. The first kappa shape index (κ1) is 18.3. The maximum atomic E-state index is 13.7. The van der Waals surface area contributed by atoms with Gasteiger partial charge in [0.15, 0.2) is 0 Å². The predicted molar refractivity (Wildman–Crippen MR) is 95.9 cm³/mol. The third-order valence-electron chi connectivity index (χ3n) is 5.49. The van der Waals surface area contributed by atoms with Gasteiger partial charge < -0.3 is 14.5 Å². The number of benzene rings is 1. The number of amides is 1. The SMILES string of the molecule is CCC(=O)N1CC(C)OC2(CCN(CCc3ccccc3F)CC2)C1. The first-order chi connectivity index (χ1) is 12.0. The minimum Gasteiger partial charge on any atom is -0.368 e. The standard InChI is InChI=1S/C20H29FN2O2/c1-3-19(24)23-14-16(2)25-20(15-23)9-12-22(13-10-20)11-8-17-6-4-5-7-18(17)21/h4-7,16H,3,8-15H2,1-2H3. The Morgan fingerprint density at radius 3 is 2.72 bits per heavy atom. The van der Waals surface area contributed by atoms with Gasteiger partial charge in [-0.15, -0.1) is 0 Å². The van der Waals surface area contributed by atoms with Crippen LogP contribution < -0.4 is 0 Å². The Balaban J connectivity index is 1.54. The van der Waals surface area contributed by atoms with E-state index in [1.54, 1.807) is 6.07 Å². The maximum absolute atomic E-state index is 13.7. The van der Waals surface area contributed by atoms with Crippen LogP contribution in [0.3, 0.4) is 0 Å². The van der Waals surface area contributed by atoms with E-state index in [9.17, 15) is 9.18 Å². The Labute approximate surface area is 149 Å². The highest BCUT2D eigenvalue weighted by atomic mass is 19.1. The molecule has 25 heavy (non-hydrogen) atoms. The molecule has 0 radical (unpaired) electrons. The Bertz CT molecular complexity index is 599. The van der Waals surface area contributed by atoms with Crippen LogP contribution in [-0.2, 0) is 16.0 Å². The number of rotatable bonds is 4. The number of likely N-dealkylation sites (tertiary alicyclic amines) is 1. The normalized spacial score (nSPS) is 23.8. The smallest absolute Gasteiger partial charge is 0.222 e. The van der Waals surface area contributed by atoms with E-state index in [4.69, 9.17) is 4.74 Å². The molecule has 4 nitrogen and oxygen atoms in total. The number of piperidine rings is 1. The molecule has 2 aliphatic heterocycles. The lowest BCUT2D eigenvalue weighted by Crippen LogP contribution is -2.60. The van der Waals surface area contributed by atoms with Gasteiger partial charge in [0.2, 0.25) is 5.91 Å². The summed E-state index contributed by atoms with van der Waals surface area (Å²) in [6, 6.07) is 7.01. The van der Waals surface area contributed by atoms with Crippen LogP contribution in [0.5, 0.6) is 0 Å². The summed E-state index contributed by atoms with van der Waals surface area (Å²) in [5.41, 5.74) is 0.585. The molecule has 1 spiro atoms. The highest BCUT2D eigenvalue weighted by molar-refractivity contribution is 5.76. The Hall–Kier alpha value is -1.46. The number of nitrogens with zero attached hydrogens (tertiary/aromatic N) is 2. The first-order valence-electron chi connectivity index (χ1n) is 9.43. The quantitative estimate of drug-likeness (QED) is 0.839. The van der Waals surface area contributed by atoms with Crippen LogP contribution in [0.2, 0.25) is 0 Å². The van der Waals surface area contributed by atoms with Gasteiger partial charge in [0.25, 0.3) is 0 Å². The van der Waals surface area contributed by atoms with Crippen molar-refractivity contribution in [1.82, 2.24) is 9.80 Å². The molecular formula is C20H29FN2O2. The summed E-state index contributed by atoms with van der Waals surface area (Å²) in [5, 5.41) is 0. The summed E-state index contributed by atoms with van der Waals surface area (Å²) in [5.74, 6) is 0.102. The molecule has 2 fully saturated rings. The lowest BCUT2D eigenvalue weighted by atomic mass is 9.88. The molecule has 3 rings (SSSR count). The highest BCUT2D eigenvalue weighted by Crippen LogP contribution is 2.32. The Kier molecular flexibility index (Phi) is 5.74. The average Bonchev–Trinajstić information content (AvgIpc) is 2.61. The number of halogens is 1. The predicted octanol–water partition coefficient (Wildman–Crippen LogP) is 2.86. The molecule has 138 valence electrons. The van der Waals surface area contributed by atoms with Gasteiger partial charge in [-0.25, -0.2) is 4.39 Å². The Morgan fingerprint density at radius 2 is 2.04 bits per heavy atom. The van der Waals surface area contributed by atoms with Gasteiger partial charge in [-0.3, -0.25) is 4.79 Å². The van der Waals surface area contributed by atoms with Gasteiger partial charge in [0.1, 0.15) is 5.82 Å². The molecule has 5 heteroatoms. The van der Waals surface area contributed by atoms with Crippen molar-refractivity contribution < 1.29 is 13.9 Å². The fourth-order valence-corrected chi connectivity index (χ4v) is 4.08. The van der Waals surface area contributed by atoms with Crippen molar-refractivity contribution in [2.24, 2.45) is 0 Å². The topological polar surface area (TPSA) is 32.8 Å². The van der Waals surface area contributed by atoms with Gasteiger partial charge >= 0.3 is 0 Å². The largest absolute Gasteiger partial charge is 0.368 e. The molecule has 0 bridgehead atoms. The van der Waals surface area contributed by atoms with E-state index >= 15 is 0 Å². The number of ether oxygens (including phenoxy) is 1. The van der Waals surface area contributed by atoms with Gasteiger partial charge in [-0.2, -0.15) is 0 Å². The highest BCUT2D eigenvalue weighted by Gasteiger charge is 2.42. The summed E-state index contributed by atoms with van der Waals surface area (Å²) in [7, 11) is 0. The number of hydrogen-bond donors (Lipinski definition) is 0. The lowest BCUT2D eigenvalue weighted by molar-refractivity contribution is -0.179. The van der Waals surface area contributed by atoms with Gasteiger partial charge in [0.05, 0.1) is 11.7 Å². The van der Waals surface area contributed by atoms with Crippen molar-refractivity contribution in [3.05, 3.63) is 35.6 Å². The van der Waals surface area contributed by atoms with Crippen molar-refractivity contribution in [3.63, 3.8) is 0 Å². The molecule has 1 amide bonds. The van der Waals surface area contributed by atoms with Crippen molar-refractivity contribution in [1.29, 1.82) is 0 Å². The minimum atomic E-state index is -0.197. The number of carbonyl (C=O) groups is 1. The molecule has 0 aromatic heterocycles. The second-order valence-corrected chi connectivity index (χ2v) is 7.42. The lowest BCUT2D eigenvalue weighted by Gasteiger charge is -2.49. The van der Waals surface area contributed by atoms with Crippen LogP contribution in [-0.4, -0.2) is 60.1 Å². The van der Waals surface area contributed by atoms with Gasteiger partial charge in [0, 0.05) is 39.1 Å². The van der Waals surface area contributed by atoms with Crippen LogP contribution in [0, 0.1) is 5.82 Å². The molecule has 0 N–H and O–H groups in total. The second kappa shape index (κ2) is 7.83. The molecule has 2 aliphatic rings. The minimum absolute atomic E-state index is 0.0919. The van der Waals surface area contributed by atoms with Crippen LogP contribution >= 0.6 is 0 Å².